The van der Waals surface area contributed by atoms with Gasteiger partial charge in [0, 0.05) is 19.2 Å². The first-order valence-corrected chi connectivity index (χ1v) is 8.37. The van der Waals surface area contributed by atoms with Crippen molar-refractivity contribution in [3.8, 4) is 5.69 Å². The minimum absolute atomic E-state index is 0. The number of amides is 1. The third kappa shape index (κ3) is 5.35. The zero-order valence-corrected chi connectivity index (χ0v) is 14.6. The molecule has 5 nitrogen and oxygen atoms in total. The molecule has 0 bridgehead atoms. The van der Waals surface area contributed by atoms with Gasteiger partial charge in [-0.3, -0.25) is 4.79 Å². The van der Waals surface area contributed by atoms with Crippen molar-refractivity contribution in [3.05, 3.63) is 48.3 Å². The highest BCUT2D eigenvalue weighted by atomic mass is 35.5. The fourth-order valence-corrected chi connectivity index (χ4v) is 2.93. The number of nitrogens with one attached hydrogen (secondary N) is 2. The Bertz CT molecular complexity index is 623. The maximum atomic E-state index is 11.9. The first kappa shape index (κ1) is 18.5. The molecule has 0 radical (unpaired) electrons. The SMILES string of the molecule is Cl.O=C(CCc1cnn(-c2ccccc2)c1)NCCC1CCNC1. The van der Waals surface area contributed by atoms with E-state index in [1.54, 1.807) is 0 Å². The molecule has 0 spiro atoms. The number of aryl methyl sites for hydroxylation is 1. The Hall–Kier alpha value is -1.85. The average molecular weight is 349 g/mol. The summed E-state index contributed by atoms with van der Waals surface area (Å²) in [5.41, 5.74) is 2.12. The van der Waals surface area contributed by atoms with Crippen LogP contribution in [0.4, 0.5) is 0 Å². The van der Waals surface area contributed by atoms with E-state index >= 15 is 0 Å². The largest absolute Gasteiger partial charge is 0.356 e. The van der Waals surface area contributed by atoms with Crippen LogP contribution in [0, 0.1) is 5.92 Å². The summed E-state index contributed by atoms with van der Waals surface area (Å²) >= 11 is 0. The molecule has 1 aliphatic rings. The molecule has 1 saturated heterocycles. The van der Waals surface area contributed by atoms with Crippen LogP contribution < -0.4 is 10.6 Å². The number of aromatic nitrogens is 2. The topological polar surface area (TPSA) is 59.0 Å². The number of nitrogens with zero attached hydrogens (tertiary/aromatic N) is 2. The quantitative estimate of drug-likeness (QED) is 0.807. The summed E-state index contributed by atoms with van der Waals surface area (Å²) in [5.74, 6) is 0.850. The molecule has 2 aromatic rings. The molecule has 130 valence electrons. The average Bonchev–Trinajstić information content (AvgIpc) is 3.25. The zero-order valence-electron chi connectivity index (χ0n) is 13.8. The first-order chi connectivity index (χ1) is 11.3. The van der Waals surface area contributed by atoms with Gasteiger partial charge in [0.15, 0.2) is 0 Å². The van der Waals surface area contributed by atoms with E-state index < -0.39 is 0 Å². The Labute approximate surface area is 149 Å². The van der Waals surface area contributed by atoms with E-state index in [1.165, 1.54) is 6.42 Å². The van der Waals surface area contributed by atoms with E-state index in [1.807, 2.05) is 47.4 Å². The second kappa shape index (κ2) is 9.45. The Morgan fingerprint density at radius 1 is 1.33 bits per heavy atom. The van der Waals surface area contributed by atoms with E-state index in [-0.39, 0.29) is 18.3 Å². The van der Waals surface area contributed by atoms with Crippen LogP contribution in [0.1, 0.15) is 24.8 Å². The molecule has 2 N–H and O–H groups in total. The van der Waals surface area contributed by atoms with Gasteiger partial charge < -0.3 is 10.6 Å². The number of carbonyl (C=O) groups excluding carboxylic acids is 1. The van der Waals surface area contributed by atoms with Crippen LogP contribution in [0.5, 0.6) is 0 Å². The Morgan fingerprint density at radius 3 is 2.92 bits per heavy atom. The summed E-state index contributed by atoms with van der Waals surface area (Å²) < 4.78 is 1.85. The predicted octanol–water partition coefficient (Wildman–Crippen LogP) is 2.34. The van der Waals surface area contributed by atoms with Gasteiger partial charge in [-0.2, -0.15) is 5.10 Å². The monoisotopic (exact) mass is 348 g/mol. The van der Waals surface area contributed by atoms with Crippen molar-refractivity contribution in [1.29, 1.82) is 0 Å². The summed E-state index contributed by atoms with van der Waals surface area (Å²) in [6.07, 6.45) is 7.38. The van der Waals surface area contributed by atoms with Crippen molar-refractivity contribution in [3.63, 3.8) is 0 Å². The van der Waals surface area contributed by atoms with Crippen LogP contribution >= 0.6 is 12.4 Å². The molecule has 0 saturated carbocycles. The lowest BCUT2D eigenvalue weighted by Crippen LogP contribution is -2.26. The van der Waals surface area contributed by atoms with Gasteiger partial charge in [-0.05, 0) is 56.0 Å². The second-order valence-electron chi connectivity index (χ2n) is 6.13. The maximum Gasteiger partial charge on any atom is 0.220 e. The predicted molar refractivity (Wildman–Crippen MR) is 97.7 cm³/mol. The smallest absolute Gasteiger partial charge is 0.220 e. The van der Waals surface area contributed by atoms with Gasteiger partial charge in [-0.1, -0.05) is 18.2 Å². The summed E-state index contributed by atoms with van der Waals surface area (Å²) in [6, 6.07) is 10.00. The minimum atomic E-state index is 0. The summed E-state index contributed by atoms with van der Waals surface area (Å²) in [7, 11) is 0. The lowest BCUT2D eigenvalue weighted by Gasteiger charge is -2.09. The third-order valence-corrected chi connectivity index (χ3v) is 4.33. The standard InChI is InChI=1S/C18H24N4O.ClH/c23-18(20-11-9-15-8-10-19-12-15)7-6-16-13-21-22(14-16)17-4-2-1-3-5-17;/h1-5,13-15,19H,6-12H2,(H,20,23);1H. The molecule has 1 amide bonds. The molecule has 2 heterocycles. The number of para-hydroxylation sites is 1. The molecule has 0 aliphatic carbocycles. The highest BCUT2D eigenvalue weighted by Gasteiger charge is 2.14. The number of benzene rings is 1. The molecule has 1 unspecified atom stereocenters. The molecule has 24 heavy (non-hydrogen) atoms. The summed E-state index contributed by atoms with van der Waals surface area (Å²) in [6.45, 7) is 2.99. The lowest BCUT2D eigenvalue weighted by atomic mass is 10.1. The highest BCUT2D eigenvalue weighted by molar-refractivity contribution is 5.85. The van der Waals surface area contributed by atoms with Crippen molar-refractivity contribution >= 4 is 18.3 Å². The molecular formula is C18H25ClN4O. The lowest BCUT2D eigenvalue weighted by molar-refractivity contribution is -0.121. The van der Waals surface area contributed by atoms with E-state index in [9.17, 15) is 4.79 Å². The molecule has 3 rings (SSSR count). The minimum Gasteiger partial charge on any atom is -0.356 e. The summed E-state index contributed by atoms with van der Waals surface area (Å²) in [4.78, 5) is 11.9. The van der Waals surface area contributed by atoms with Crippen LogP contribution in [0.15, 0.2) is 42.7 Å². The molecule has 1 aromatic heterocycles. The Kier molecular flexibility index (Phi) is 7.28. The van der Waals surface area contributed by atoms with Crippen molar-refractivity contribution in [2.45, 2.75) is 25.7 Å². The summed E-state index contributed by atoms with van der Waals surface area (Å²) in [5, 5.41) is 10.7. The van der Waals surface area contributed by atoms with E-state index in [0.717, 1.165) is 49.6 Å². The van der Waals surface area contributed by atoms with E-state index in [0.29, 0.717) is 6.42 Å². The van der Waals surface area contributed by atoms with E-state index in [2.05, 4.69) is 15.7 Å². The van der Waals surface area contributed by atoms with Crippen LogP contribution in [0.3, 0.4) is 0 Å². The molecule has 6 heteroatoms. The number of rotatable bonds is 7. The molecule has 1 fully saturated rings. The van der Waals surface area contributed by atoms with Crippen molar-refractivity contribution in [2.24, 2.45) is 5.92 Å². The van der Waals surface area contributed by atoms with Gasteiger partial charge in [0.05, 0.1) is 11.9 Å². The van der Waals surface area contributed by atoms with Crippen LogP contribution in [-0.2, 0) is 11.2 Å². The van der Waals surface area contributed by atoms with Crippen LogP contribution in [-0.4, -0.2) is 35.3 Å². The highest BCUT2D eigenvalue weighted by Crippen LogP contribution is 2.11. The molecule has 1 atom stereocenters. The molecule has 1 aromatic carbocycles. The Morgan fingerprint density at radius 2 is 2.17 bits per heavy atom. The van der Waals surface area contributed by atoms with Crippen molar-refractivity contribution in [1.82, 2.24) is 20.4 Å². The van der Waals surface area contributed by atoms with Gasteiger partial charge in [0.2, 0.25) is 5.91 Å². The second-order valence-corrected chi connectivity index (χ2v) is 6.13. The van der Waals surface area contributed by atoms with Crippen molar-refractivity contribution in [2.75, 3.05) is 19.6 Å². The third-order valence-electron chi connectivity index (χ3n) is 4.33. The van der Waals surface area contributed by atoms with Crippen LogP contribution in [0.2, 0.25) is 0 Å². The normalized spacial score (nSPS) is 16.6. The van der Waals surface area contributed by atoms with Gasteiger partial charge in [-0.15, -0.1) is 12.4 Å². The fourth-order valence-electron chi connectivity index (χ4n) is 2.93. The van der Waals surface area contributed by atoms with Gasteiger partial charge >= 0.3 is 0 Å². The number of carbonyl (C=O) groups is 1. The number of hydrogen-bond donors (Lipinski definition) is 2. The number of halogens is 1. The van der Waals surface area contributed by atoms with E-state index in [4.69, 9.17) is 0 Å². The fraction of sp³-hybridized carbons (Fsp3) is 0.444. The number of hydrogen-bond acceptors (Lipinski definition) is 3. The van der Waals surface area contributed by atoms with Gasteiger partial charge in [0.25, 0.3) is 0 Å². The van der Waals surface area contributed by atoms with Gasteiger partial charge in [-0.25, -0.2) is 4.68 Å². The zero-order chi connectivity index (χ0) is 15.9. The van der Waals surface area contributed by atoms with Crippen molar-refractivity contribution < 1.29 is 4.79 Å². The van der Waals surface area contributed by atoms with Crippen LogP contribution in [0.25, 0.3) is 5.69 Å². The molecular weight excluding hydrogens is 324 g/mol. The Balaban J connectivity index is 0.00000208. The first-order valence-electron chi connectivity index (χ1n) is 8.37. The maximum absolute atomic E-state index is 11.9. The van der Waals surface area contributed by atoms with Gasteiger partial charge in [0.1, 0.15) is 0 Å². The molecule has 1 aliphatic heterocycles.